The number of hydrogen-bond donors (Lipinski definition) is 1. The number of hydroxylamine groups is 1. The highest BCUT2D eigenvalue weighted by atomic mass is 16.6. The molecule has 0 aromatic carbocycles. The third kappa shape index (κ3) is 2.68. The van der Waals surface area contributed by atoms with Crippen LogP contribution in [0.4, 0.5) is 0 Å². The molecule has 0 fully saturated rings. The molecule has 0 unspecified atom stereocenters. The number of aryl methyl sites for hydroxylation is 1. The van der Waals surface area contributed by atoms with Crippen LogP contribution in [0.2, 0.25) is 0 Å². The third-order valence-corrected chi connectivity index (χ3v) is 1.71. The molecule has 3 heteroatoms. The number of rotatable bonds is 5. The molecule has 0 saturated carbocycles. The van der Waals surface area contributed by atoms with Crippen molar-refractivity contribution in [3.63, 3.8) is 0 Å². The van der Waals surface area contributed by atoms with E-state index >= 15 is 0 Å². The van der Waals surface area contributed by atoms with E-state index in [2.05, 4.69) is 35.4 Å². The van der Waals surface area contributed by atoms with E-state index in [0.717, 1.165) is 13.1 Å². The summed E-state index contributed by atoms with van der Waals surface area (Å²) in [6.45, 7) is 4.03. The van der Waals surface area contributed by atoms with Gasteiger partial charge in [-0.1, -0.05) is 6.92 Å². The van der Waals surface area contributed by atoms with E-state index in [1.54, 1.807) is 7.11 Å². The van der Waals surface area contributed by atoms with Crippen LogP contribution in [-0.4, -0.2) is 11.7 Å². The molecule has 0 bridgehead atoms. The molecule has 0 aliphatic heterocycles. The van der Waals surface area contributed by atoms with Gasteiger partial charge in [-0.15, -0.1) is 0 Å². The molecule has 0 radical (unpaired) electrons. The third-order valence-electron chi connectivity index (χ3n) is 1.71. The van der Waals surface area contributed by atoms with E-state index in [0.29, 0.717) is 0 Å². The number of nitrogens with zero attached hydrogens (tertiary/aromatic N) is 1. The molecule has 0 amide bonds. The summed E-state index contributed by atoms with van der Waals surface area (Å²) in [5.41, 5.74) is 4.06. The minimum Gasteiger partial charge on any atom is -0.354 e. The second kappa shape index (κ2) is 4.95. The number of nitrogens with one attached hydrogen (secondary N) is 1. The Morgan fingerprint density at radius 3 is 3.08 bits per heavy atom. The summed E-state index contributed by atoms with van der Waals surface area (Å²) in [5.74, 6) is 0. The average Bonchev–Trinajstić information content (AvgIpc) is 2.50. The van der Waals surface area contributed by atoms with Crippen molar-refractivity contribution in [1.29, 1.82) is 0 Å². The standard InChI is InChI=1S/C9H16N2O/c1-3-5-11-6-4-9(8-11)7-10-12-2/h4,6,8,10H,3,5,7H2,1-2H3. The Morgan fingerprint density at radius 2 is 2.42 bits per heavy atom. The minimum absolute atomic E-state index is 0.771. The molecule has 1 N–H and O–H groups in total. The van der Waals surface area contributed by atoms with Crippen molar-refractivity contribution < 1.29 is 4.84 Å². The van der Waals surface area contributed by atoms with Crippen molar-refractivity contribution in [2.24, 2.45) is 0 Å². The first kappa shape index (κ1) is 9.29. The predicted molar refractivity (Wildman–Crippen MR) is 48.6 cm³/mol. The first-order chi connectivity index (χ1) is 5.86. The second-order valence-corrected chi connectivity index (χ2v) is 2.78. The SMILES string of the molecule is CCCn1ccc(CNOC)c1. The van der Waals surface area contributed by atoms with Gasteiger partial charge < -0.3 is 9.40 Å². The van der Waals surface area contributed by atoms with Gasteiger partial charge in [0.15, 0.2) is 0 Å². The van der Waals surface area contributed by atoms with Gasteiger partial charge in [-0.2, -0.15) is 5.48 Å². The summed E-state index contributed by atoms with van der Waals surface area (Å²) in [6.07, 6.45) is 5.40. The lowest BCUT2D eigenvalue weighted by molar-refractivity contribution is 0.0867. The van der Waals surface area contributed by atoms with Crippen LogP contribution in [0.1, 0.15) is 18.9 Å². The Labute approximate surface area is 73.3 Å². The van der Waals surface area contributed by atoms with E-state index in [1.165, 1.54) is 12.0 Å². The molecule has 1 aromatic heterocycles. The van der Waals surface area contributed by atoms with E-state index in [9.17, 15) is 0 Å². The van der Waals surface area contributed by atoms with Gasteiger partial charge in [-0.3, -0.25) is 0 Å². The number of hydrogen-bond acceptors (Lipinski definition) is 2. The summed E-state index contributed by atoms with van der Waals surface area (Å²) in [6, 6.07) is 2.10. The van der Waals surface area contributed by atoms with Crippen molar-refractivity contribution in [1.82, 2.24) is 10.0 Å². The lowest BCUT2D eigenvalue weighted by atomic mass is 10.3. The van der Waals surface area contributed by atoms with Crippen molar-refractivity contribution >= 4 is 0 Å². The normalized spacial score (nSPS) is 10.5. The second-order valence-electron chi connectivity index (χ2n) is 2.78. The van der Waals surface area contributed by atoms with Crippen LogP contribution in [0.5, 0.6) is 0 Å². The first-order valence-corrected chi connectivity index (χ1v) is 4.27. The molecule has 0 saturated heterocycles. The minimum atomic E-state index is 0.771. The molecule has 68 valence electrons. The summed E-state index contributed by atoms with van der Waals surface area (Å²) in [5, 5.41) is 0. The molecule has 1 heterocycles. The Morgan fingerprint density at radius 1 is 1.58 bits per heavy atom. The Hall–Kier alpha value is -0.800. The fraction of sp³-hybridized carbons (Fsp3) is 0.556. The zero-order valence-electron chi connectivity index (χ0n) is 7.71. The van der Waals surface area contributed by atoms with Gasteiger partial charge in [-0.05, 0) is 18.1 Å². The van der Waals surface area contributed by atoms with Crippen molar-refractivity contribution in [3.05, 3.63) is 24.0 Å². The van der Waals surface area contributed by atoms with Crippen molar-refractivity contribution in [2.45, 2.75) is 26.4 Å². The van der Waals surface area contributed by atoms with E-state index in [4.69, 9.17) is 4.84 Å². The van der Waals surface area contributed by atoms with Gasteiger partial charge in [-0.25, -0.2) is 0 Å². The van der Waals surface area contributed by atoms with Crippen LogP contribution >= 0.6 is 0 Å². The van der Waals surface area contributed by atoms with Crippen molar-refractivity contribution in [2.75, 3.05) is 7.11 Å². The van der Waals surface area contributed by atoms with E-state index in [-0.39, 0.29) is 0 Å². The molecule has 3 nitrogen and oxygen atoms in total. The highest BCUT2D eigenvalue weighted by Gasteiger charge is 1.94. The Bertz CT molecular complexity index is 220. The van der Waals surface area contributed by atoms with E-state index in [1.807, 2.05) is 0 Å². The fourth-order valence-corrected chi connectivity index (χ4v) is 1.15. The van der Waals surface area contributed by atoms with Crippen LogP contribution in [0.15, 0.2) is 18.5 Å². The predicted octanol–water partition coefficient (Wildman–Crippen LogP) is 1.55. The summed E-state index contributed by atoms with van der Waals surface area (Å²) < 4.78 is 2.19. The largest absolute Gasteiger partial charge is 0.354 e. The summed E-state index contributed by atoms with van der Waals surface area (Å²) in [7, 11) is 1.63. The smallest absolute Gasteiger partial charge is 0.0572 e. The van der Waals surface area contributed by atoms with Crippen LogP contribution < -0.4 is 5.48 Å². The average molecular weight is 168 g/mol. The molecule has 0 atom stereocenters. The van der Waals surface area contributed by atoms with Crippen LogP contribution in [0.3, 0.4) is 0 Å². The fourth-order valence-electron chi connectivity index (χ4n) is 1.15. The highest BCUT2D eigenvalue weighted by molar-refractivity contribution is 5.09. The number of aromatic nitrogens is 1. The van der Waals surface area contributed by atoms with E-state index < -0.39 is 0 Å². The molecular weight excluding hydrogens is 152 g/mol. The maximum atomic E-state index is 4.76. The first-order valence-electron chi connectivity index (χ1n) is 4.27. The summed E-state index contributed by atoms with van der Waals surface area (Å²) >= 11 is 0. The van der Waals surface area contributed by atoms with Gasteiger partial charge in [0.1, 0.15) is 0 Å². The van der Waals surface area contributed by atoms with Crippen LogP contribution in [0.25, 0.3) is 0 Å². The van der Waals surface area contributed by atoms with Gasteiger partial charge in [0, 0.05) is 25.5 Å². The zero-order valence-corrected chi connectivity index (χ0v) is 7.71. The lowest BCUT2D eigenvalue weighted by Crippen LogP contribution is -2.09. The Balaban J connectivity index is 2.41. The quantitative estimate of drug-likeness (QED) is 0.675. The molecular formula is C9H16N2O. The molecule has 1 rings (SSSR count). The maximum absolute atomic E-state index is 4.76. The zero-order chi connectivity index (χ0) is 8.81. The van der Waals surface area contributed by atoms with Crippen LogP contribution in [0, 0.1) is 0 Å². The molecule has 0 spiro atoms. The van der Waals surface area contributed by atoms with Crippen LogP contribution in [-0.2, 0) is 17.9 Å². The van der Waals surface area contributed by atoms with Crippen molar-refractivity contribution in [3.8, 4) is 0 Å². The maximum Gasteiger partial charge on any atom is 0.0572 e. The molecule has 12 heavy (non-hydrogen) atoms. The summed E-state index contributed by atoms with van der Waals surface area (Å²) in [4.78, 5) is 4.76. The Kier molecular flexibility index (Phi) is 3.84. The monoisotopic (exact) mass is 168 g/mol. The topological polar surface area (TPSA) is 26.2 Å². The van der Waals surface area contributed by atoms with Gasteiger partial charge in [0.25, 0.3) is 0 Å². The lowest BCUT2D eigenvalue weighted by Gasteiger charge is -1.99. The van der Waals surface area contributed by atoms with Gasteiger partial charge in [0.2, 0.25) is 0 Å². The molecule has 1 aromatic rings. The van der Waals surface area contributed by atoms with Gasteiger partial charge >= 0.3 is 0 Å². The molecule has 0 aliphatic rings. The highest BCUT2D eigenvalue weighted by Crippen LogP contribution is 2.01. The molecule has 0 aliphatic carbocycles. The van der Waals surface area contributed by atoms with Gasteiger partial charge in [0.05, 0.1) is 7.11 Å².